The fraction of sp³-hybridized carbons (Fsp3) is 0.571. The highest BCUT2D eigenvalue weighted by Crippen LogP contribution is 2.23. The normalized spacial score (nSPS) is 24.2. The molecule has 18 heavy (non-hydrogen) atoms. The molecule has 0 aromatic heterocycles. The second-order valence-electron chi connectivity index (χ2n) is 5.05. The van der Waals surface area contributed by atoms with Crippen LogP contribution in [-0.2, 0) is 6.54 Å². The van der Waals surface area contributed by atoms with Crippen molar-refractivity contribution in [2.45, 2.75) is 38.3 Å². The first kappa shape index (κ1) is 13.8. The molecular formula is C14H19ClFNO. The molecule has 0 bridgehead atoms. The summed E-state index contributed by atoms with van der Waals surface area (Å²) in [5.74, 6) is 0.266. The minimum atomic E-state index is -0.364. The summed E-state index contributed by atoms with van der Waals surface area (Å²) >= 11 is 5.63. The van der Waals surface area contributed by atoms with E-state index < -0.39 is 0 Å². The van der Waals surface area contributed by atoms with Gasteiger partial charge in [-0.25, -0.2) is 4.39 Å². The summed E-state index contributed by atoms with van der Waals surface area (Å²) in [6, 6.07) is 4.90. The average Bonchev–Trinajstić information content (AvgIpc) is 2.36. The van der Waals surface area contributed by atoms with E-state index in [4.69, 9.17) is 11.6 Å². The molecule has 1 saturated carbocycles. The van der Waals surface area contributed by atoms with Crippen molar-refractivity contribution in [3.8, 4) is 0 Å². The zero-order chi connectivity index (χ0) is 13.0. The van der Waals surface area contributed by atoms with Gasteiger partial charge in [-0.2, -0.15) is 0 Å². The molecule has 1 aromatic carbocycles. The van der Waals surface area contributed by atoms with E-state index in [1.165, 1.54) is 6.07 Å². The van der Waals surface area contributed by atoms with Crippen molar-refractivity contribution in [3.05, 3.63) is 34.6 Å². The van der Waals surface area contributed by atoms with Gasteiger partial charge in [-0.3, -0.25) is 0 Å². The number of aliphatic hydroxyl groups is 1. The fourth-order valence-corrected chi connectivity index (χ4v) is 2.54. The molecule has 0 heterocycles. The molecule has 1 aliphatic carbocycles. The second kappa shape index (κ2) is 6.50. The Balaban J connectivity index is 1.73. The third-order valence-corrected chi connectivity index (χ3v) is 3.87. The smallest absolute Gasteiger partial charge is 0.142 e. The van der Waals surface area contributed by atoms with Gasteiger partial charge in [0.15, 0.2) is 0 Å². The standard InChI is InChI=1S/C14H19ClFNO/c15-13-6-3-11(7-14(13)16)9-17-8-10-1-4-12(18)5-2-10/h3,6-7,10,12,17-18H,1-2,4-5,8-9H2. The molecule has 0 amide bonds. The summed E-state index contributed by atoms with van der Waals surface area (Å²) in [5.41, 5.74) is 0.910. The maximum absolute atomic E-state index is 13.2. The zero-order valence-corrected chi connectivity index (χ0v) is 11.1. The number of hydrogen-bond donors (Lipinski definition) is 2. The molecule has 0 aliphatic heterocycles. The van der Waals surface area contributed by atoms with Gasteiger partial charge < -0.3 is 10.4 Å². The van der Waals surface area contributed by atoms with E-state index in [9.17, 15) is 9.50 Å². The van der Waals surface area contributed by atoms with Crippen LogP contribution in [0.3, 0.4) is 0 Å². The van der Waals surface area contributed by atoms with Gasteiger partial charge in [-0.1, -0.05) is 17.7 Å². The number of aliphatic hydroxyl groups excluding tert-OH is 1. The predicted octanol–water partition coefficient (Wildman–Crippen LogP) is 3.12. The van der Waals surface area contributed by atoms with Crippen LogP contribution in [0.4, 0.5) is 4.39 Å². The van der Waals surface area contributed by atoms with Crippen LogP contribution in [-0.4, -0.2) is 17.8 Å². The summed E-state index contributed by atoms with van der Waals surface area (Å²) in [6.07, 6.45) is 3.85. The van der Waals surface area contributed by atoms with E-state index >= 15 is 0 Å². The van der Waals surface area contributed by atoms with Gasteiger partial charge in [0, 0.05) is 6.54 Å². The summed E-state index contributed by atoms with van der Waals surface area (Å²) in [4.78, 5) is 0. The molecular weight excluding hydrogens is 253 g/mol. The predicted molar refractivity (Wildman–Crippen MR) is 71.1 cm³/mol. The molecule has 2 rings (SSSR count). The Morgan fingerprint density at radius 3 is 2.67 bits per heavy atom. The summed E-state index contributed by atoms with van der Waals surface area (Å²) in [5, 5.41) is 12.9. The van der Waals surface area contributed by atoms with Crippen molar-refractivity contribution in [3.63, 3.8) is 0 Å². The van der Waals surface area contributed by atoms with Gasteiger partial charge >= 0.3 is 0 Å². The molecule has 0 radical (unpaired) electrons. The van der Waals surface area contributed by atoms with Crippen LogP contribution in [0.5, 0.6) is 0 Å². The third-order valence-electron chi connectivity index (χ3n) is 3.56. The molecule has 1 aromatic rings. The van der Waals surface area contributed by atoms with Gasteiger partial charge in [-0.15, -0.1) is 0 Å². The Hall–Kier alpha value is -0.640. The number of nitrogens with one attached hydrogen (secondary N) is 1. The van der Waals surface area contributed by atoms with Gasteiger partial charge in [0.25, 0.3) is 0 Å². The van der Waals surface area contributed by atoms with Gasteiger partial charge in [-0.05, 0) is 55.8 Å². The summed E-state index contributed by atoms with van der Waals surface area (Å²) in [6.45, 7) is 1.59. The van der Waals surface area contributed by atoms with Crippen molar-refractivity contribution in [1.82, 2.24) is 5.32 Å². The van der Waals surface area contributed by atoms with E-state index in [1.807, 2.05) is 6.07 Å². The van der Waals surface area contributed by atoms with Crippen LogP contribution in [0.15, 0.2) is 18.2 Å². The van der Waals surface area contributed by atoms with Gasteiger partial charge in [0.2, 0.25) is 0 Å². The summed E-state index contributed by atoms with van der Waals surface area (Å²) < 4.78 is 13.2. The Morgan fingerprint density at radius 2 is 2.00 bits per heavy atom. The molecule has 1 aliphatic rings. The van der Waals surface area contributed by atoms with Crippen LogP contribution in [0.1, 0.15) is 31.2 Å². The molecule has 2 nitrogen and oxygen atoms in total. The molecule has 2 N–H and O–H groups in total. The largest absolute Gasteiger partial charge is 0.393 e. The maximum atomic E-state index is 13.2. The molecule has 1 fully saturated rings. The first-order valence-electron chi connectivity index (χ1n) is 6.48. The monoisotopic (exact) mass is 271 g/mol. The van der Waals surface area contributed by atoms with Crippen molar-refractivity contribution in [1.29, 1.82) is 0 Å². The lowest BCUT2D eigenvalue weighted by Crippen LogP contribution is -2.27. The van der Waals surface area contributed by atoms with Crippen molar-refractivity contribution >= 4 is 11.6 Å². The molecule has 0 unspecified atom stereocenters. The zero-order valence-electron chi connectivity index (χ0n) is 10.3. The third kappa shape index (κ3) is 3.94. The van der Waals surface area contributed by atoms with Crippen molar-refractivity contribution in [2.24, 2.45) is 5.92 Å². The van der Waals surface area contributed by atoms with Crippen LogP contribution in [0.2, 0.25) is 5.02 Å². The van der Waals surface area contributed by atoms with E-state index in [1.54, 1.807) is 6.07 Å². The first-order valence-corrected chi connectivity index (χ1v) is 6.85. The van der Waals surface area contributed by atoms with Crippen LogP contribution >= 0.6 is 11.6 Å². The van der Waals surface area contributed by atoms with E-state index in [0.717, 1.165) is 37.8 Å². The molecule has 0 atom stereocenters. The van der Waals surface area contributed by atoms with Gasteiger partial charge in [0.1, 0.15) is 5.82 Å². The molecule has 0 saturated heterocycles. The number of hydrogen-bond acceptors (Lipinski definition) is 2. The minimum Gasteiger partial charge on any atom is -0.393 e. The van der Waals surface area contributed by atoms with Crippen LogP contribution in [0.25, 0.3) is 0 Å². The van der Waals surface area contributed by atoms with Crippen LogP contribution in [0, 0.1) is 11.7 Å². The number of halogens is 2. The highest BCUT2D eigenvalue weighted by Gasteiger charge is 2.18. The number of rotatable bonds is 4. The minimum absolute atomic E-state index is 0.105. The molecule has 0 spiro atoms. The molecule has 4 heteroatoms. The quantitative estimate of drug-likeness (QED) is 0.882. The Kier molecular flexibility index (Phi) is 4.98. The topological polar surface area (TPSA) is 32.3 Å². The highest BCUT2D eigenvalue weighted by atomic mass is 35.5. The highest BCUT2D eigenvalue weighted by molar-refractivity contribution is 6.30. The lowest BCUT2D eigenvalue weighted by Gasteiger charge is -2.25. The first-order chi connectivity index (χ1) is 8.65. The Labute approximate surface area is 112 Å². The molecule has 100 valence electrons. The Morgan fingerprint density at radius 1 is 1.28 bits per heavy atom. The lowest BCUT2D eigenvalue weighted by molar-refractivity contribution is 0.108. The van der Waals surface area contributed by atoms with Crippen molar-refractivity contribution in [2.75, 3.05) is 6.54 Å². The Bertz CT molecular complexity index is 391. The van der Waals surface area contributed by atoms with Gasteiger partial charge in [0.05, 0.1) is 11.1 Å². The number of benzene rings is 1. The summed E-state index contributed by atoms with van der Waals surface area (Å²) in [7, 11) is 0. The van der Waals surface area contributed by atoms with Crippen molar-refractivity contribution < 1.29 is 9.50 Å². The lowest BCUT2D eigenvalue weighted by atomic mass is 9.87. The average molecular weight is 272 g/mol. The fourth-order valence-electron chi connectivity index (χ4n) is 2.42. The van der Waals surface area contributed by atoms with Crippen LogP contribution < -0.4 is 5.32 Å². The second-order valence-corrected chi connectivity index (χ2v) is 5.46. The van der Waals surface area contributed by atoms with E-state index in [-0.39, 0.29) is 16.9 Å². The maximum Gasteiger partial charge on any atom is 0.142 e. The SMILES string of the molecule is OC1CCC(CNCc2ccc(Cl)c(F)c2)CC1. The van der Waals surface area contributed by atoms with E-state index in [0.29, 0.717) is 12.5 Å². The van der Waals surface area contributed by atoms with E-state index in [2.05, 4.69) is 5.32 Å².